The van der Waals surface area contributed by atoms with Gasteiger partial charge in [0.1, 0.15) is 17.3 Å². The zero-order chi connectivity index (χ0) is 17.1. The van der Waals surface area contributed by atoms with Crippen LogP contribution in [0, 0.1) is 5.82 Å². The van der Waals surface area contributed by atoms with Gasteiger partial charge in [-0.15, -0.1) is 0 Å². The number of amides is 1. The van der Waals surface area contributed by atoms with Crippen molar-refractivity contribution < 1.29 is 13.9 Å². The third-order valence-corrected chi connectivity index (χ3v) is 3.94. The van der Waals surface area contributed by atoms with Gasteiger partial charge in [-0.3, -0.25) is 4.79 Å². The summed E-state index contributed by atoms with van der Waals surface area (Å²) in [6.07, 6.45) is 0. The normalized spacial score (nSPS) is 10.6. The van der Waals surface area contributed by atoms with Crippen molar-refractivity contribution in [2.45, 2.75) is 6.54 Å². The predicted octanol–water partition coefficient (Wildman–Crippen LogP) is 3.97. The highest BCUT2D eigenvalue weighted by molar-refractivity contribution is 6.31. The molecule has 1 aromatic heterocycles. The second kappa shape index (κ2) is 6.84. The van der Waals surface area contributed by atoms with Gasteiger partial charge in [-0.05, 0) is 29.8 Å². The molecule has 2 aromatic carbocycles. The van der Waals surface area contributed by atoms with E-state index < -0.39 is 5.82 Å². The first-order chi connectivity index (χ1) is 11.6. The average molecular weight is 345 g/mol. The summed E-state index contributed by atoms with van der Waals surface area (Å²) in [6.45, 7) is 0.175. The van der Waals surface area contributed by atoms with Crippen LogP contribution in [0.15, 0.2) is 48.5 Å². The van der Waals surface area contributed by atoms with E-state index in [1.807, 2.05) is 24.3 Å². The molecule has 0 saturated heterocycles. The molecule has 0 radical (unpaired) electrons. The third kappa shape index (κ3) is 3.31. The van der Waals surface area contributed by atoms with E-state index in [9.17, 15) is 9.18 Å². The molecular formula is C18H14ClFN2O2. The van der Waals surface area contributed by atoms with E-state index in [-0.39, 0.29) is 23.2 Å². The second-order valence-corrected chi connectivity index (χ2v) is 5.55. The largest absolute Gasteiger partial charge is 0.496 e. The number of pyridine rings is 1. The van der Waals surface area contributed by atoms with Crippen molar-refractivity contribution in [2.24, 2.45) is 0 Å². The van der Waals surface area contributed by atoms with Crippen LogP contribution in [0.4, 0.5) is 4.39 Å². The van der Waals surface area contributed by atoms with E-state index in [2.05, 4.69) is 10.3 Å². The molecule has 0 aliphatic heterocycles. The van der Waals surface area contributed by atoms with Crippen LogP contribution < -0.4 is 10.1 Å². The molecule has 0 unspecified atom stereocenters. The lowest BCUT2D eigenvalue weighted by molar-refractivity contribution is 0.0946. The molecule has 0 bridgehead atoms. The van der Waals surface area contributed by atoms with Gasteiger partial charge in [-0.25, -0.2) is 9.37 Å². The Balaban J connectivity index is 1.83. The van der Waals surface area contributed by atoms with Gasteiger partial charge in [0, 0.05) is 23.0 Å². The average Bonchev–Trinajstić information content (AvgIpc) is 2.59. The number of hydrogen-bond acceptors (Lipinski definition) is 3. The number of methoxy groups -OCH3 is 1. The number of carbonyl (C=O) groups excluding carboxylic acids is 1. The summed E-state index contributed by atoms with van der Waals surface area (Å²) >= 11 is 5.96. The summed E-state index contributed by atoms with van der Waals surface area (Å²) in [5, 5.41) is 3.82. The number of ether oxygens (including phenoxy) is 1. The van der Waals surface area contributed by atoms with Crippen molar-refractivity contribution >= 4 is 28.4 Å². The highest BCUT2D eigenvalue weighted by atomic mass is 35.5. The molecular weight excluding hydrogens is 331 g/mol. The number of hydrogen-bond donors (Lipinski definition) is 1. The van der Waals surface area contributed by atoms with Gasteiger partial charge in [0.2, 0.25) is 0 Å². The highest BCUT2D eigenvalue weighted by Crippen LogP contribution is 2.25. The standard InChI is InChI=1S/C18H14ClFN2O2/c1-24-17-9-16(22-15-5-3-2-4-13(15)17)18(23)21-10-11-6-7-12(20)8-14(11)19/h2-9H,10H2,1H3,(H,21,23). The quantitative estimate of drug-likeness (QED) is 0.779. The number of benzene rings is 2. The molecule has 24 heavy (non-hydrogen) atoms. The van der Waals surface area contributed by atoms with E-state index in [1.165, 1.54) is 18.2 Å². The van der Waals surface area contributed by atoms with E-state index in [0.717, 1.165) is 5.39 Å². The van der Waals surface area contributed by atoms with E-state index in [1.54, 1.807) is 13.2 Å². The first kappa shape index (κ1) is 16.2. The van der Waals surface area contributed by atoms with Crippen LogP contribution in [-0.2, 0) is 6.54 Å². The molecule has 4 nitrogen and oxygen atoms in total. The maximum atomic E-state index is 13.0. The molecule has 1 heterocycles. The van der Waals surface area contributed by atoms with Crippen LogP contribution in [0.1, 0.15) is 16.1 Å². The van der Waals surface area contributed by atoms with Crippen LogP contribution in [0.3, 0.4) is 0 Å². The van der Waals surface area contributed by atoms with Gasteiger partial charge in [-0.1, -0.05) is 29.8 Å². The molecule has 122 valence electrons. The number of rotatable bonds is 4. The summed E-state index contributed by atoms with van der Waals surface area (Å²) < 4.78 is 18.4. The Morgan fingerprint density at radius 2 is 2.04 bits per heavy atom. The van der Waals surface area contributed by atoms with E-state index in [4.69, 9.17) is 16.3 Å². The smallest absolute Gasteiger partial charge is 0.270 e. The van der Waals surface area contributed by atoms with Gasteiger partial charge < -0.3 is 10.1 Å². The van der Waals surface area contributed by atoms with Crippen LogP contribution in [-0.4, -0.2) is 18.0 Å². The third-order valence-electron chi connectivity index (χ3n) is 3.59. The zero-order valence-electron chi connectivity index (χ0n) is 12.8. The van der Waals surface area contributed by atoms with Crippen LogP contribution in [0.5, 0.6) is 5.75 Å². The number of carbonyl (C=O) groups is 1. The molecule has 1 amide bonds. The minimum atomic E-state index is -0.420. The van der Waals surface area contributed by atoms with E-state index in [0.29, 0.717) is 16.8 Å². The molecule has 0 aliphatic carbocycles. The monoisotopic (exact) mass is 344 g/mol. The molecule has 1 N–H and O–H groups in total. The molecule has 0 spiro atoms. The topological polar surface area (TPSA) is 51.2 Å². The Kier molecular flexibility index (Phi) is 4.62. The number of para-hydroxylation sites is 1. The van der Waals surface area contributed by atoms with Gasteiger partial charge in [-0.2, -0.15) is 0 Å². The zero-order valence-corrected chi connectivity index (χ0v) is 13.6. The minimum Gasteiger partial charge on any atom is -0.496 e. The number of nitrogens with one attached hydrogen (secondary N) is 1. The van der Waals surface area contributed by atoms with E-state index >= 15 is 0 Å². The molecule has 0 aliphatic rings. The molecule has 3 aromatic rings. The summed E-state index contributed by atoms with van der Waals surface area (Å²) in [5.41, 5.74) is 1.53. The number of fused-ring (bicyclic) bond motifs is 1. The van der Waals surface area contributed by atoms with Crippen LogP contribution >= 0.6 is 11.6 Å². The van der Waals surface area contributed by atoms with Crippen molar-refractivity contribution in [3.05, 3.63) is 70.6 Å². The lowest BCUT2D eigenvalue weighted by Crippen LogP contribution is -2.24. The molecule has 0 saturated carbocycles. The summed E-state index contributed by atoms with van der Waals surface area (Å²) in [5.74, 6) is -0.207. The molecule has 3 rings (SSSR count). The minimum absolute atomic E-state index is 0.175. The summed E-state index contributed by atoms with van der Waals surface area (Å²) in [7, 11) is 1.54. The van der Waals surface area contributed by atoms with Crippen LogP contribution in [0.2, 0.25) is 5.02 Å². The predicted molar refractivity (Wildman–Crippen MR) is 90.9 cm³/mol. The maximum Gasteiger partial charge on any atom is 0.270 e. The van der Waals surface area contributed by atoms with Gasteiger partial charge in [0.15, 0.2) is 0 Å². The fourth-order valence-corrected chi connectivity index (χ4v) is 2.59. The Morgan fingerprint density at radius 1 is 1.25 bits per heavy atom. The number of aromatic nitrogens is 1. The Bertz CT molecular complexity index is 915. The Labute approximate surface area is 143 Å². The number of nitrogens with zero attached hydrogens (tertiary/aromatic N) is 1. The van der Waals surface area contributed by atoms with Crippen molar-refractivity contribution in [3.8, 4) is 5.75 Å². The lowest BCUT2D eigenvalue weighted by Gasteiger charge is -2.10. The first-order valence-corrected chi connectivity index (χ1v) is 7.62. The fraction of sp³-hybridized carbons (Fsp3) is 0.111. The summed E-state index contributed by atoms with van der Waals surface area (Å²) in [4.78, 5) is 16.7. The highest BCUT2D eigenvalue weighted by Gasteiger charge is 2.13. The SMILES string of the molecule is COc1cc(C(=O)NCc2ccc(F)cc2Cl)nc2ccccc12. The van der Waals surface area contributed by atoms with Gasteiger partial charge in [0.25, 0.3) is 5.91 Å². The Hall–Kier alpha value is -2.66. The van der Waals surface area contributed by atoms with Crippen molar-refractivity contribution in [3.63, 3.8) is 0 Å². The molecule has 0 fully saturated rings. The van der Waals surface area contributed by atoms with Crippen LogP contribution in [0.25, 0.3) is 10.9 Å². The fourth-order valence-electron chi connectivity index (χ4n) is 2.36. The van der Waals surface area contributed by atoms with Gasteiger partial charge in [0.05, 0.1) is 12.6 Å². The van der Waals surface area contributed by atoms with Crippen molar-refractivity contribution in [1.82, 2.24) is 10.3 Å². The Morgan fingerprint density at radius 3 is 2.79 bits per heavy atom. The summed E-state index contributed by atoms with van der Waals surface area (Å²) in [6, 6.07) is 13.0. The van der Waals surface area contributed by atoms with Crippen molar-refractivity contribution in [2.75, 3.05) is 7.11 Å². The molecule has 6 heteroatoms. The van der Waals surface area contributed by atoms with Gasteiger partial charge >= 0.3 is 0 Å². The maximum absolute atomic E-state index is 13.0. The number of halogens is 2. The molecule has 0 atom stereocenters. The second-order valence-electron chi connectivity index (χ2n) is 5.15. The first-order valence-electron chi connectivity index (χ1n) is 7.24. The van der Waals surface area contributed by atoms with Crippen molar-refractivity contribution in [1.29, 1.82) is 0 Å². The lowest BCUT2D eigenvalue weighted by atomic mass is 10.1.